The van der Waals surface area contributed by atoms with Crippen LogP contribution < -0.4 is 15.8 Å². The van der Waals surface area contributed by atoms with E-state index in [2.05, 4.69) is 16.7 Å². The smallest absolute Gasteiger partial charge is 0.243 e. The number of aryl methyl sites for hydroxylation is 1. The van der Waals surface area contributed by atoms with Crippen molar-refractivity contribution in [3.8, 4) is 6.07 Å². The number of thiophene rings is 1. The number of hydrogen-bond donors (Lipinski definition) is 3. The summed E-state index contributed by atoms with van der Waals surface area (Å²) in [6, 6.07) is 7.86. The third kappa shape index (κ3) is 4.04. The minimum Gasteiger partial charge on any atom is -0.367 e. The molecule has 1 aliphatic carbocycles. The van der Waals surface area contributed by atoms with Crippen molar-refractivity contribution < 1.29 is 13.2 Å². The van der Waals surface area contributed by atoms with Crippen molar-refractivity contribution in [1.29, 1.82) is 5.26 Å². The summed E-state index contributed by atoms with van der Waals surface area (Å²) in [4.78, 5) is 13.3. The zero-order valence-corrected chi connectivity index (χ0v) is 15.5. The van der Waals surface area contributed by atoms with Gasteiger partial charge in [0.2, 0.25) is 15.9 Å². The van der Waals surface area contributed by atoms with Gasteiger partial charge in [-0.05, 0) is 55.5 Å². The number of anilines is 2. The van der Waals surface area contributed by atoms with Crippen LogP contribution in [0.3, 0.4) is 0 Å². The SMILES string of the molecule is N#Cc1c(NCC(=O)Nc2ccc(S(N)(=O)=O)cc2)sc2c1CCCC2. The average molecular weight is 390 g/mol. The van der Waals surface area contributed by atoms with Crippen molar-refractivity contribution in [3.63, 3.8) is 0 Å². The fourth-order valence-electron chi connectivity index (χ4n) is 2.90. The van der Waals surface area contributed by atoms with Crippen LogP contribution in [0.1, 0.15) is 28.8 Å². The molecule has 0 aliphatic heterocycles. The molecule has 1 amide bonds. The minimum atomic E-state index is -3.76. The highest BCUT2D eigenvalue weighted by Crippen LogP contribution is 2.37. The highest BCUT2D eigenvalue weighted by atomic mass is 32.2. The summed E-state index contributed by atoms with van der Waals surface area (Å²) in [6.45, 7) is 0.0189. The first kappa shape index (κ1) is 18.4. The number of primary sulfonamides is 1. The Balaban J connectivity index is 1.63. The molecule has 0 fully saturated rings. The number of hydrogen-bond acceptors (Lipinski definition) is 6. The number of nitrogens with one attached hydrogen (secondary N) is 2. The van der Waals surface area contributed by atoms with Gasteiger partial charge < -0.3 is 10.6 Å². The zero-order chi connectivity index (χ0) is 18.7. The molecule has 9 heteroatoms. The Morgan fingerprint density at radius 1 is 1.23 bits per heavy atom. The summed E-state index contributed by atoms with van der Waals surface area (Å²) in [5, 5.41) is 20.9. The van der Waals surface area contributed by atoms with Crippen molar-refractivity contribution in [2.24, 2.45) is 5.14 Å². The van der Waals surface area contributed by atoms with Gasteiger partial charge in [0, 0.05) is 10.6 Å². The quantitative estimate of drug-likeness (QED) is 0.722. The molecule has 1 heterocycles. The second-order valence-electron chi connectivity index (χ2n) is 6.00. The topological polar surface area (TPSA) is 125 Å². The summed E-state index contributed by atoms with van der Waals surface area (Å²) >= 11 is 1.55. The molecule has 26 heavy (non-hydrogen) atoms. The molecule has 1 aliphatic rings. The Morgan fingerprint density at radius 2 is 1.92 bits per heavy atom. The normalized spacial score (nSPS) is 13.5. The lowest BCUT2D eigenvalue weighted by Gasteiger charge is -2.09. The molecule has 1 aromatic carbocycles. The van der Waals surface area contributed by atoms with Crippen molar-refractivity contribution >= 4 is 38.0 Å². The van der Waals surface area contributed by atoms with E-state index < -0.39 is 10.0 Å². The van der Waals surface area contributed by atoms with Crippen LogP contribution in [-0.2, 0) is 27.7 Å². The molecule has 0 saturated carbocycles. The van der Waals surface area contributed by atoms with E-state index in [4.69, 9.17) is 5.14 Å². The van der Waals surface area contributed by atoms with Crippen LogP contribution in [0.5, 0.6) is 0 Å². The Kier molecular flexibility index (Phi) is 5.27. The summed E-state index contributed by atoms with van der Waals surface area (Å²) in [7, 11) is -3.76. The molecule has 0 unspecified atom stereocenters. The highest BCUT2D eigenvalue weighted by molar-refractivity contribution is 7.89. The van der Waals surface area contributed by atoms with Gasteiger partial charge in [-0.25, -0.2) is 13.6 Å². The van der Waals surface area contributed by atoms with Gasteiger partial charge in [-0.2, -0.15) is 5.26 Å². The molecule has 3 rings (SSSR count). The van der Waals surface area contributed by atoms with Crippen LogP contribution in [0.4, 0.5) is 10.7 Å². The number of carbonyl (C=O) groups is 1. The number of fused-ring (bicyclic) bond motifs is 1. The molecule has 0 spiro atoms. The number of nitrogens with two attached hydrogens (primary N) is 1. The maximum absolute atomic E-state index is 12.1. The first-order chi connectivity index (χ1) is 12.4. The Hall–Kier alpha value is -2.41. The molecule has 1 aromatic heterocycles. The first-order valence-electron chi connectivity index (χ1n) is 8.09. The van der Waals surface area contributed by atoms with Gasteiger partial charge >= 0.3 is 0 Å². The molecule has 0 radical (unpaired) electrons. The highest BCUT2D eigenvalue weighted by Gasteiger charge is 2.20. The second kappa shape index (κ2) is 7.45. The van der Waals surface area contributed by atoms with Gasteiger partial charge in [0.25, 0.3) is 0 Å². The van der Waals surface area contributed by atoms with Gasteiger partial charge in [0.1, 0.15) is 11.1 Å². The number of rotatable bonds is 5. The predicted molar refractivity (Wildman–Crippen MR) is 101 cm³/mol. The Bertz CT molecular complexity index is 973. The molecular formula is C17H18N4O3S2. The van der Waals surface area contributed by atoms with E-state index in [1.807, 2.05) is 0 Å². The van der Waals surface area contributed by atoms with Crippen LogP contribution in [0.25, 0.3) is 0 Å². The first-order valence-corrected chi connectivity index (χ1v) is 10.5. The third-order valence-corrected chi connectivity index (χ3v) is 6.34. The van der Waals surface area contributed by atoms with E-state index in [0.717, 1.165) is 36.2 Å². The van der Waals surface area contributed by atoms with Crippen LogP contribution in [0.15, 0.2) is 29.2 Å². The molecule has 2 aromatic rings. The lowest BCUT2D eigenvalue weighted by atomic mass is 9.96. The maximum atomic E-state index is 12.1. The number of amides is 1. The zero-order valence-electron chi connectivity index (χ0n) is 13.9. The molecule has 136 valence electrons. The predicted octanol–water partition coefficient (Wildman–Crippen LogP) is 2.20. The van der Waals surface area contributed by atoms with E-state index in [0.29, 0.717) is 11.3 Å². The summed E-state index contributed by atoms with van der Waals surface area (Å²) in [5.41, 5.74) is 2.23. The lowest BCUT2D eigenvalue weighted by molar-refractivity contribution is -0.114. The van der Waals surface area contributed by atoms with Crippen LogP contribution in [0.2, 0.25) is 0 Å². The molecule has 0 saturated heterocycles. The van der Waals surface area contributed by atoms with Gasteiger partial charge in [0.05, 0.1) is 17.0 Å². The minimum absolute atomic E-state index is 0.0172. The molecule has 7 nitrogen and oxygen atoms in total. The second-order valence-corrected chi connectivity index (χ2v) is 8.66. The fourth-order valence-corrected chi connectivity index (χ4v) is 4.65. The van der Waals surface area contributed by atoms with E-state index in [1.54, 1.807) is 11.3 Å². The Labute approximate surface area is 155 Å². The largest absolute Gasteiger partial charge is 0.367 e. The van der Waals surface area contributed by atoms with Crippen molar-refractivity contribution in [1.82, 2.24) is 0 Å². The lowest BCUT2D eigenvalue weighted by Crippen LogP contribution is -2.21. The monoisotopic (exact) mass is 390 g/mol. The van der Waals surface area contributed by atoms with E-state index in [-0.39, 0.29) is 17.3 Å². The standard InChI is InChI=1S/C17H18N4O3S2/c18-9-14-13-3-1-2-4-15(13)25-17(14)20-10-16(22)21-11-5-7-12(8-6-11)26(19,23)24/h5-8,20H,1-4,10H2,(H,21,22)(H2,19,23,24). The summed E-state index contributed by atoms with van der Waals surface area (Å²) in [5.74, 6) is -0.288. The van der Waals surface area contributed by atoms with Gasteiger partial charge in [-0.15, -0.1) is 11.3 Å². The summed E-state index contributed by atoms with van der Waals surface area (Å²) < 4.78 is 22.4. The number of benzene rings is 1. The number of sulfonamides is 1. The van der Waals surface area contributed by atoms with Crippen molar-refractivity contribution in [3.05, 3.63) is 40.3 Å². The van der Waals surface area contributed by atoms with E-state index in [1.165, 1.54) is 29.1 Å². The Morgan fingerprint density at radius 3 is 2.58 bits per heavy atom. The number of nitrogens with zero attached hydrogens (tertiary/aromatic N) is 1. The molecule has 4 N–H and O–H groups in total. The molecular weight excluding hydrogens is 372 g/mol. The summed E-state index contributed by atoms with van der Waals surface area (Å²) in [6.07, 6.45) is 4.12. The number of nitriles is 1. The van der Waals surface area contributed by atoms with Gasteiger partial charge in [0.15, 0.2) is 0 Å². The van der Waals surface area contributed by atoms with Crippen molar-refractivity contribution in [2.75, 3.05) is 17.2 Å². The maximum Gasteiger partial charge on any atom is 0.243 e. The fraction of sp³-hybridized carbons (Fsp3) is 0.294. The number of carbonyl (C=O) groups excluding carboxylic acids is 1. The molecule has 0 atom stereocenters. The van der Waals surface area contributed by atoms with Gasteiger partial charge in [-0.3, -0.25) is 4.79 Å². The average Bonchev–Trinajstić information content (AvgIpc) is 2.97. The van der Waals surface area contributed by atoms with Crippen LogP contribution >= 0.6 is 11.3 Å². The van der Waals surface area contributed by atoms with E-state index >= 15 is 0 Å². The van der Waals surface area contributed by atoms with Crippen molar-refractivity contribution in [2.45, 2.75) is 30.6 Å². The van der Waals surface area contributed by atoms with Crippen LogP contribution in [0, 0.1) is 11.3 Å². The van der Waals surface area contributed by atoms with E-state index in [9.17, 15) is 18.5 Å². The third-order valence-electron chi connectivity index (χ3n) is 4.16. The van der Waals surface area contributed by atoms with Crippen LogP contribution in [-0.4, -0.2) is 20.9 Å². The molecule has 0 bridgehead atoms. The van der Waals surface area contributed by atoms with Gasteiger partial charge in [-0.1, -0.05) is 0 Å².